The lowest BCUT2D eigenvalue weighted by atomic mass is 10.0. The van der Waals surface area contributed by atoms with Gasteiger partial charge in [-0.05, 0) is 67.8 Å². The van der Waals surface area contributed by atoms with E-state index in [4.69, 9.17) is 10.5 Å². The fourth-order valence-corrected chi connectivity index (χ4v) is 3.44. The number of likely N-dealkylation sites (tertiary alicyclic amines) is 1. The van der Waals surface area contributed by atoms with Crippen LogP contribution in [0.4, 0.5) is 16.2 Å². The zero-order valence-electron chi connectivity index (χ0n) is 17.8. The van der Waals surface area contributed by atoms with Gasteiger partial charge in [0.1, 0.15) is 5.75 Å². The number of hydrogen-bond donors (Lipinski definition) is 3. The van der Waals surface area contributed by atoms with Crippen molar-refractivity contribution in [2.24, 2.45) is 5.73 Å². The highest BCUT2D eigenvalue weighted by molar-refractivity contribution is 5.89. The molecule has 1 heterocycles. The van der Waals surface area contributed by atoms with E-state index in [1.165, 1.54) is 12.7 Å². The van der Waals surface area contributed by atoms with E-state index in [-0.39, 0.29) is 12.6 Å². The average Bonchev–Trinajstić information content (AvgIpc) is 2.80. The minimum atomic E-state index is -0.445. The van der Waals surface area contributed by atoms with Crippen molar-refractivity contribution in [1.29, 1.82) is 0 Å². The van der Waals surface area contributed by atoms with E-state index in [2.05, 4.69) is 39.6 Å². The molecule has 2 aromatic rings. The van der Waals surface area contributed by atoms with Crippen molar-refractivity contribution >= 4 is 23.4 Å². The molecule has 0 spiro atoms. The zero-order valence-corrected chi connectivity index (χ0v) is 17.8. The normalized spacial score (nSPS) is 14.1. The first-order valence-electron chi connectivity index (χ1n) is 10.5. The van der Waals surface area contributed by atoms with Gasteiger partial charge in [-0.25, -0.2) is 9.59 Å². The Balaban J connectivity index is 1.42. The molecule has 2 amide bonds. The van der Waals surface area contributed by atoms with Crippen LogP contribution in [0.15, 0.2) is 48.5 Å². The highest BCUT2D eigenvalue weighted by atomic mass is 16.6. The molecular formula is C23H30N4O4. The number of ether oxygens (including phenoxy) is 2. The molecule has 8 heteroatoms. The highest BCUT2D eigenvalue weighted by Crippen LogP contribution is 2.20. The molecule has 0 saturated carbocycles. The number of esters is 1. The summed E-state index contributed by atoms with van der Waals surface area (Å²) in [5, 5.41) is 6.46. The van der Waals surface area contributed by atoms with Gasteiger partial charge in [0.25, 0.3) is 0 Å². The molecule has 1 fully saturated rings. The van der Waals surface area contributed by atoms with Gasteiger partial charge in [-0.3, -0.25) is 0 Å². The third kappa shape index (κ3) is 6.89. The number of hydrogen-bond acceptors (Lipinski definition) is 6. The van der Waals surface area contributed by atoms with Crippen LogP contribution in [-0.2, 0) is 16.0 Å². The Labute approximate surface area is 182 Å². The first kappa shape index (κ1) is 22.4. The number of amides is 2. The average molecular weight is 427 g/mol. The molecule has 4 N–H and O–H groups in total. The summed E-state index contributed by atoms with van der Waals surface area (Å²) in [6.07, 6.45) is 2.66. The summed E-state index contributed by atoms with van der Waals surface area (Å²) in [6, 6.07) is 15.5. The van der Waals surface area contributed by atoms with Crippen LogP contribution in [0.5, 0.6) is 5.75 Å². The lowest BCUT2D eigenvalue weighted by Crippen LogP contribution is -2.44. The number of anilines is 2. The minimum absolute atomic E-state index is 0.118. The third-order valence-electron chi connectivity index (χ3n) is 5.23. The smallest absolute Gasteiger partial charge is 0.343 e. The number of nitrogens with zero attached hydrogens (tertiary/aromatic N) is 1. The van der Waals surface area contributed by atoms with Gasteiger partial charge in [0, 0.05) is 30.5 Å². The van der Waals surface area contributed by atoms with Crippen molar-refractivity contribution in [2.75, 3.05) is 44.0 Å². The van der Waals surface area contributed by atoms with Crippen LogP contribution in [0, 0.1) is 0 Å². The van der Waals surface area contributed by atoms with Gasteiger partial charge < -0.3 is 30.7 Å². The number of piperidine rings is 1. The van der Waals surface area contributed by atoms with Gasteiger partial charge in [-0.1, -0.05) is 12.1 Å². The van der Waals surface area contributed by atoms with E-state index in [1.807, 2.05) is 4.90 Å². The lowest BCUT2D eigenvalue weighted by molar-refractivity contribution is -0.142. The monoisotopic (exact) mass is 426 g/mol. The molecule has 0 atom stereocenters. The van der Waals surface area contributed by atoms with Gasteiger partial charge in [-0.15, -0.1) is 0 Å². The van der Waals surface area contributed by atoms with E-state index in [0.717, 1.165) is 24.9 Å². The second-order valence-corrected chi connectivity index (χ2v) is 7.46. The third-order valence-corrected chi connectivity index (χ3v) is 5.23. The summed E-state index contributed by atoms with van der Waals surface area (Å²) in [7, 11) is 1.31. The van der Waals surface area contributed by atoms with E-state index in [9.17, 15) is 9.59 Å². The molecule has 0 radical (unpaired) electrons. The maximum absolute atomic E-state index is 12.6. The molecule has 0 unspecified atom stereocenters. The molecule has 3 rings (SSSR count). The van der Waals surface area contributed by atoms with Crippen molar-refractivity contribution in [3.63, 3.8) is 0 Å². The summed E-state index contributed by atoms with van der Waals surface area (Å²) in [6.45, 7) is 1.88. The predicted molar refractivity (Wildman–Crippen MR) is 120 cm³/mol. The van der Waals surface area contributed by atoms with Crippen LogP contribution in [0.3, 0.4) is 0 Å². The second-order valence-electron chi connectivity index (χ2n) is 7.46. The van der Waals surface area contributed by atoms with Gasteiger partial charge in [-0.2, -0.15) is 0 Å². The molecule has 8 nitrogen and oxygen atoms in total. The fourth-order valence-electron chi connectivity index (χ4n) is 3.44. The van der Waals surface area contributed by atoms with E-state index in [1.54, 1.807) is 24.3 Å². The Morgan fingerprint density at radius 3 is 2.29 bits per heavy atom. The Morgan fingerprint density at radius 1 is 1.03 bits per heavy atom. The van der Waals surface area contributed by atoms with E-state index in [0.29, 0.717) is 37.1 Å². The number of benzene rings is 2. The Morgan fingerprint density at radius 2 is 1.68 bits per heavy atom. The van der Waals surface area contributed by atoms with Crippen molar-refractivity contribution in [3.05, 3.63) is 54.1 Å². The summed E-state index contributed by atoms with van der Waals surface area (Å²) in [5.41, 5.74) is 8.60. The van der Waals surface area contributed by atoms with Crippen molar-refractivity contribution in [2.45, 2.75) is 25.3 Å². The number of nitrogens with one attached hydrogen (secondary N) is 2. The predicted octanol–water partition coefficient (Wildman–Crippen LogP) is 2.85. The summed E-state index contributed by atoms with van der Waals surface area (Å²) in [4.78, 5) is 25.5. The summed E-state index contributed by atoms with van der Waals surface area (Å²) < 4.78 is 9.84. The molecule has 0 aliphatic carbocycles. The molecule has 0 aromatic heterocycles. The first-order chi connectivity index (χ1) is 15.1. The van der Waals surface area contributed by atoms with Crippen LogP contribution < -0.4 is 21.1 Å². The largest absolute Gasteiger partial charge is 0.482 e. The maximum Gasteiger partial charge on any atom is 0.343 e. The number of methoxy groups -OCH3 is 1. The fraction of sp³-hybridized carbons (Fsp3) is 0.391. The number of carbonyl (C=O) groups is 2. The van der Waals surface area contributed by atoms with Crippen LogP contribution >= 0.6 is 0 Å². The van der Waals surface area contributed by atoms with Gasteiger partial charge in [0.2, 0.25) is 0 Å². The van der Waals surface area contributed by atoms with E-state index < -0.39 is 5.97 Å². The molecule has 166 valence electrons. The number of urea groups is 1. The molecule has 1 saturated heterocycles. The minimum Gasteiger partial charge on any atom is -0.482 e. The van der Waals surface area contributed by atoms with Gasteiger partial charge >= 0.3 is 12.0 Å². The van der Waals surface area contributed by atoms with Crippen LogP contribution in [-0.4, -0.2) is 56.3 Å². The number of carbonyl (C=O) groups excluding carboxylic acids is 2. The van der Waals surface area contributed by atoms with Crippen molar-refractivity contribution in [3.8, 4) is 5.75 Å². The molecule has 1 aliphatic heterocycles. The molecule has 2 aromatic carbocycles. The molecule has 1 aliphatic rings. The summed E-state index contributed by atoms with van der Waals surface area (Å²) in [5.74, 6) is 0.0882. The Kier molecular flexibility index (Phi) is 8.12. The zero-order chi connectivity index (χ0) is 22.1. The Hall–Kier alpha value is -3.26. The number of rotatable bonds is 8. The number of nitrogens with two attached hydrogens (primary N) is 1. The van der Waals surface area contributed by atoms with Gasteiger partial charge in [0.05, 0.1) is 7.11 Å². The van der Waals surface area contributed by atoms with Gasteiger partial charge in [0.15, 0.2) is 6.61 Å². The molecular weight excluding hydrogens is 396 g/mol. The quantitative estimate of drug-likeness (QED) is 0.561. The molecule has 31 heavy (non-hydrogen) atoms. The first-order valence-corrected chi connectivity index (χ1v) is 10.5. The van der Waals surface area contributed by atoms with E-state index >= 15 is 0 Å². The highest BCUT2D eigenvalue weighted by Gasteiger charge is 2.22. The summed E-state index contributed by atoms with van der Waals surface area (Å²) >= 11 is 0. The topological polar surface area (TPSA) is 106 Å². The van der Waals surface area contributed by atoms with Crippen LogP contribution in [0.1, 0.15) is 18.4 Å². The van der Waals surface area contributed by atoms with Crippen molar-refractivity contribution < 1.29 is 19.1 Å². The Bertz CT molecular complexity index is 847. The van der Waals surface area contributed by atoms with Crippen molar-refractivity contribution in [1.82, 2.24) is 4.90 Å². The lowest BCUT2D eigenvalue weighted by Gasteiger charge is -2.33. The standard InChI is InChI=1S/C23H30N4O4/c1-30-22(28)16-31-21-8-6-19(7-9-21)26-23(29)27-14-11-20(12-15-27)25-18-4-2-17(3-5-18)10-13-24/h2-9,20,25H,10-16,24H2,1H3,(H,26,29). The SMILES string of the molecule is COC(=O)COc1ccc(NC(=O)N2CCC(Nc3ccc(CCN)cc3)CC2)cc1. The van der Waals surface area contributed by atoms with Crippen LogP contribution in [0.25, 0.3) is 0 Å². The van der Waals surface area contributed by atoms with Crippen LogP contribution in [0.2, 0.25) is 0 Å². The molecule has 0 bridgehead atoms. The second kappa shape index (κ2) is 11.2. The maximum atomic E-state index is 12.6.